The van der Waals surface area contributed by atoms with Gasteiger partial charge in [-0.2, -0.15) is 0 Å². The van der Waals surface area contributed by atoms with Gasteiger partial charge in [0.2, 0.25) is 0 Å². The Morgan fingerprint density at radius 3 is 2.50 bits per heavy atom. The van der Waals surface area contributed by atoms with Crippen molar-refractivity contribution >= 4 is 23.1 Å². The molecule has 0 aliphatic carbocycles. The summed E-state index contributed by atoms with van der Waals surface area (Å²) < 4.78 is 0. The number of carbonyl (C=O) groups excluding carboxylic acids is 1. The number of aliphatic imine (C=N–C) groups is 1. The molecule has 0 saturated heterocycles. The van der Waals surface area contributed by atoms with E-state index >= 15 is 0 Å². The average Bonchev–Trinajstić information content (AvgIpc) is 2.86. The Morgan fingerprint density at radius 1 is 1.31 bits per heavy atom. The van der Waals surface area contributed by atoms with Gasteiger partial charge < -0.3 is 0 Å². The van der Waals surface area contributed by atoms with Crippen molar-refractivity contribution in [3.63, 3.8) is 0 Å². The minimum absolute atomic E-state index is 0.750. The van der Waals surface area contributed by atoms with Crippen molar-refractivity contribution in [1.82, 2.24) is 0 Å². The fourth-order valence-corrected chi connectivity index (χ4v) is 2.03. The van der Waals surface area contributed by atoms with E-state index in [0.29, 0.717) is 0 Å². The van der Waals surface area contributed by atoms with E-state index in [9.17, 15) is 4.79 Å². The van der Waals surface area contributed by atoms with Crippen molar-refractivity contribution < 1.29 is 4.79 Å². The molecular formula is C13H15NOS. The van der Waals surface area contributed by atoms with Crippen LogP contribution in [0, 0.1) is 0 Å². The number of thioether (sulfide) groups is 1. The molecule has 3 heteroatoms. The maximum absolute atomic E-state index is 9.32. The molecule has 0 radical (unpaired) electrons. The summed E-state index contributed by atoms with van der Waals surface area (Å²) in [6.07, 6.45) is 3.88. The van der Waals surface area contributed by atoms with Gasteiger partial charge in [-0.3, -0.25) is 9.79 Å². The molecule has 1 heterocycles. The number of allylic oxidation sites excluding steroid dienone is 2. The monoisotopic (exact) mass is 233 g/mol. The first-order valence-electron chi connectivity index (χ1n) is 5.17. The number of aldehydes is 1. The zero-order valence-electron chi connectivity index (χ0n) is 9.30. The molecular weight excluding hydrogens is 218 g/mol. The summed E-state index contributed by atoms with van der Waals surface area (Å²) >= 11 is 1.85. The van der Waals surface area contributed by atoms with E-state index in [2.05, 4.69) is 29.3 Å². The van der Waals surface area contributed by atoms with Gasteiger partial charge in [0.1, 0.15) is 6.29 Å². The zero-order chi connectivity index (χ0) is 11.6. The number of benzene rings is 1. The number of nitrogens with zero attached hydrogens (tertiary/aromatic N) is 1. The number of rotatable bonds is 2. The van der Waals surface area contributed by atoms with Crippen LogP contribution in [-0.2, 0) is 4.79 Å². The molecule has 0 atom stereocenters. The van der Waals surface area contributed by atoms with Crippen LogP contribution in [0.5, 0.6) is 0 Å². The van der Waals surface area contributed by atoms with E-state index in [1.165, 1.54) is 16.7 Å². The van der Waals surface area contributed by atoms with Crippen molar-refractivity contribution in [2.45, 2.75) is 6.92 Å². The standard InChI is InChI=1S/C9H9NS.C4H6O/c1-2-4-8(5-3-1)9-10-6-7-11-9;1-2-3-4-5/h1-5H,6-7H2;2-4H,1H3. The molecule has 2 rings (SSSR count). The van der Waals surface area contributed by atoms with Crippen molar-refractivity contribution in [3.05, 3.63) is 48.0 Å². The smallest absolute Gasteiger partial charge is 0.142 e. The molecule has 0 fully saturated rings. The van der Waals surface area contributed by atoms with Gasteiger partial charge in [0, 0.05) is 17.9 Å². The summed E-state index contributed by atoms with van der Waals surface area (Å²) in [4.78, 5) is 13.7. The maximum atomic E-state index is 9.32. The third kappa shape index (κ3) is 4.45. The summed E-state index contributed by atoms with van der Waals surface area (Å²) in [5, 5.41) is 1.20. The Hall–Kier alpha value is -1.35. The first kappa shape index (κ1) is 12.7. The second-order valence-electron chi connectivity index (χ2n) is 3.06. The second kappa shape index (κ2) is 7.88. The number of hydrogen-bond donors (Lipinski definition) is 0. The van der Waals surface area contributed by atoms with Crippen molar-refractivity contribution in [2.24, 2.45) is 4.99 Å². The van der Waals surface area contributed by atoms with Gasteiger partial charge in [-0.25, -0.2) is 0 Å². The maximum Gasteiger partial charge on any atom is 0.142 e. The fraction of sp³-hybridized carbons (Fsp3) is 0.231. The molecule has 2 nitrogen and oxygen atoms in total. The molecule has 1 aromatic rings. The van der Waals surface area contributed by atoms with Crippen LogP contribution < -0.4 is 0 Å². The van der Waals surface area contributed by atoms with Crippen LogP contribution in [0.4, 0.5) is 0 Å². The Kier molecular flexibility index (Phi) is 6.26. The topological polar surface area (TPSA) is 29.4 Å². The lowest BCUT2D eigenvalue weighted by Crippen LogP contribution is -1.89. The van der Waals surface area contributed by atoms with Gasteiger partial charge in [-0.1, -0.05) is 36.4 Å². The van der Waals surface area contributed by atoms with Crippen molar-refractivity contribution in [1.29, 1.82) is 0 Å². The summed E-state index contributed by atoms with van der Waals surface area (Å²) in [7, 11) is 0. The Morgan fingerprint density at radius 2 is 2.06 bits per heavy atom. The molecule has 16 heavy (non-hydrogen) atoms. The van der Waals surface area contributed by atoms with Crippen LogP contribution in [-0.4, -0.2) is 23.6 Å². The molecule has 84 valence electrons. The highest BCUT2D eigenvalue weighted by molar-refractivity contribution is 8.14. The van der Waals surface area contributed by atoms with Crippen LogP contribution in [0.15, 0.2) is 47.5 Å². The van der Waals surface area contributed by atoms with E-state index in [1.807, 2.05) is 17.8 Å². The van der Waals surface area contributed by atoms with Gasteiger partial charge in [-0.15, -0.1) is 11.8 Å². The lowest BCUT2D eigenvalue weighted by Gasteiger charge is -1.96. The fourth-order valence-electron chi connectivity index (χ4n) is 1.17. The molecule has 0 spiro atoms. The Bertz CT molecular complexity index is 371. The van der Waals surface area contributed by atoms with Crippen LogP contribution in [0.25, 0.3) is 0 Å². The highest BCUT2D eigenvalue weighted by atomic mass is 32.2. The third-order valence-electron chi connectivity index (χ3n) is 1.88. The van der Waals surface area contributed by atoms with Gasteiger partial charge in [0.05, 0.1) is 5.04 Å². The lowest BCUT2D eigenvalue weighted by molar-refractivity contribution is -0.104. The molecule has 0 saturated carbocycles. The zero-order valence-corrected chi connectivity index (χ0v) is 10.1. The Labute approximate surface area is 100 Å². The molecule has 0 amide bonds. The number of hydrogen-bond acceptors (Lipinski definition) is 3. The molecule has 0 aromatic heterocycles. The molecule has 1 aliphatic rings. The summed E-state index contributed by atoms with van der Waals surface area (Å²) in [5.74, 6) is 1.14. The molecule has 0 bridgehead atoms. The summed E-state index contributed by atoms with van der Waals surface area (Å²) in [5.41, 5.74) is 1.26. The van der Waals surface area contributed by atoms with Crippen LogP contribution in [0.1, 0.15) is 12.5 Å². The third-order valence-corrected chi connectivity index (χ3v) is 2.90. The van der Waals surface area contributed by atoms with Gasteiger partial charge >= 0.3 is 0 Å². The Balaban J connectivity index is 0.000000221. The summed E-state index contributed by atoms with van der Waals surface area (Å²) in [6.45, 7) is 2.78. The second-order valence-corrected chi connectivity index (χ2v) is 4.15. The van der Waals surface area contributed by atoms with E-state index in [4.69, 9.17) is 0 Å². The molecule has 0 unspecified atom stereocenters. The quantitative estimate of drug-likeness (QED) is 0.580. The van der Waals surface area contributed by atoms with E-state index in [1.54, 1.807) is 13.0 Å². The minimum Gasteiger partial charge on any atom is -0.299 e. The SMILES string of the molecule is CC=CC=O.c1ccc(C2=NCCS2)cc1. The van der Waals surface area contributed by atoms with E-state index in [0.717, 1.165) is 18.6 Å². The lowest BCUT2D eigenvalue weighted by atomic mass is 10.2. The predicted molar refractivity (Wildman–Crippen MR) is 71.2 cm³/mol. The average molecular weight is 233 g/mol. The predicted octanol–water partition coefficient (Wildman–Crippen LogP) is 2.94. The first-order chi connectivity index (χ1) is 7.88. The summed E-state index contributed by atoms with van der Waals surface area (Å²) in [6, 6.07) is 10.4. The van der Waals surface area contributed by atoms with Gasteiger partial charge in [0.15, 0.2) is 0 Å². The van der Waals surface area contributed by atoms with E-state index < -0.39 is 0 Å². The minimum atomic E-state index is 0.750. The van der Waals surface area contributed by atoms with Crippen molar-refractivity contribution in [3.8, 4) is 0 Å². The van der Waals surface area contributed by atoms with Crippen LogP contribution in [0.2, 0.25) is 0 Å². The van der Waals surface area contributed by atoms with Crippen molar-refractivity contribution in [2.75, 3.05) is 12.3 Å². The number of carbonyl (C=O) groups is 1. The highest BCUT2D eigenvalue weighted by Gasteiger charge is 2.07. The molecule has 1 aromatic carbocycles. The normalized spacial score (nSPS) is 14.2. The largest absolute Gasteiger partial charge is 0.299 e. The molecule has 1 aliphatic heterocycles. The van der Waals surface area contributed by atoms with Gasteiger partial charge in [0.25, 0.3) is 0 Å². The van der Waals surface area contributed by atoms with E-state index in [-0.39, 0.29) is 0 Å². The van der Waals surface area contributed by atoms with Crippen LogP contribution in [0.3, 0.4) is 0 Å². The highest BCUT2D eigenvalue weighted by Crippen LogP contribution is 2.18. The van der Waals surface area contributed by atoms with Gasteiger partial charge in [-0.05, 0) is 13.0 Å². The molecule has 0 N–H and O–H groups in total. The van der Waals surface area contributed by atoms with Crippen LogP contribution >= 0.6 is 11.8 Å². The first-order valence-corrected chi connectivity index (χ1v) is 6.16.